The molecule has 0 radical (unpaired) electrons. The van der Waals surface area contributed by atoms with Gasteiger partial charge in [0.25, 0.3) is 0 Å². The van der Waals surface area contributed by atoms with E-state index in [-0.39, 0.29) is 16.3 Å². The second kappa shape index (κ2) is 8.83. The molecule has 3 aromatic rings. The van der Waals surface area contributed by atoms with Gasteiger partial charge in [-0.05, 0) is 57.9 Å². The molecule has 0 aliphatic carbocycles. The summed E-state index contributed by atoms with van der Waals surface area (Å²) in [6.45, 7) is 5.42. The lowest BCUT2D eigenvalue weighted by atomic mass is 10.2. The second-order valence-electron chi connectivity index (χ2n) is 7.97. The second-order valence-corrected chi connectivity index (χ2v) is 9.62. The zero-order valence-corrected chi connectivity index (χ0v) is 19.1. The first-order valence-electron chi connectivity index (χ1n) is 10.5. The van der Waals surface area contributed by atoms with Crippen LogP contribution in [0.3, 0.4) is 0 Å². The van der Waals surface area contributed by atoms with Gasteiger partial charge in [0.2, 0.25) is 15.9 Å². The molecule has 32 heavy (non-hydrogen) atoms. The number of nitrogens with one attached hydrogen (secondary N) is 2. The highest BCUT2D eigenvalue weighted by atomic mass is 32.2. The highest BCUT2D eigenvalue weighted by Crippen LogP contribution is 2.24. The van der Waals surface area contributed by atoms with Crippen molar-refractivity contribution >= 4 is 21.6 Å². The normalized spacial score (nSPS) is 15.1. The van der Waals surface area contributed by atoms with Gasteiger partial charge in [-0.25, -0.2) is 8.42 Å². The van der Waals surface area contributed by atoms with Crippen LogP contribution in [0.15, 0.2) is 33.7 Å². The van der Waals surface area contributed by atoms with Crippen LogP contribution in [0, 0.1) is 13.8 Å². The molecule has 11 heteroatoms. The van der Waals surface area contributed by atoms with E-state index in [1.54, 1.807) is 12.1 Å². The highest BCUT2D eigenvalue weighted by Gasteiger charge is 2.28. The maximum absolute atomic E-state index is 12.6. The van der Waals surface area contributed by atoms with Crippen LogP contribution in [-0.2, 0) is 27.8 Å². The molecule has 2 aromatic heterocycles. The van der Waals surface area contributed by atoms with Crippen molar-refractivity contribution in [1.82, 2.24) is 24.6 Å². The molecule has 10 nitrogen and oxygen atoms in total. The zero-order chi connectivity index (χ0) is 22.9. The van der Waals surface area contributed by atoms with E-state index in [2.05, 4.69) is 30.0 Å². The number of benzene rings is 1. The number of anilines is 1. The van der Waals surface area contributed by atoms with Crippen LogP contribution in [-0.4, -0.2) is 40.3 Å². The lowest BCUT2D eigenvalue weighted by Crippen LogP contribution is -2.41. The summed E-state index contributed by atoms with van der Waals surface area (Å²) >= 11 is 0. The van der Waals surface area contributed by atoms with E-state index in [0.29, 0.717) is 5.69 Å². The standard InChI is InChI=1S/C21H26N6O4S/c1-13-19(15(3)31-25-13)32(29,30)26-14(2)21(28)22-17-10-8-16(9-11-17)20-24-23-18-7-5-4-6-12-27(18)20/h8-11,14,26H,4-7,12H2,1-3H3,(H,22,28). The average Bonchev–Trinajstić information content (AvgIpc) is 3.22. The Morgan fingerprint density at radius 3 is 2.56 bits per heavy atom. The third-order valence-corrected chi connectivity index (χ3v) is 7.27. The minimum Gasteiger partial charge on any atom is -0.360 e. The summed E-state index contributed by atoms with van der Waals surface area (Å²) < 4.78 is 34.7. The van der Waals surface area contributed by atoms with Gasteiger partial charge in [-0.3, -0.25) is 4.79 Å². The Labute approximate surface area is 186 Å². The molecule has 170 valence electrons. The van der Waals surface area contributed by atoms with Gasteiger partial charge in [-0.2, -0.15) is 4.72 Å². The van der Waals surface area contributed by atoms with Crippen molar-refractivity contribution in [2.24, 2.45) is 0 Å². The largest absolute Gasteiger partial charge is 0.360 e. The van der Waals surface area contributed by atoms with Gasteiger partial charge in [-0.15, -0.1) is 10.2 Å². The molecule has 0 spiro atoms. The van der Waals surface area contributed by atoms with Gasteiger partial charge in [0.05, 0.1) is 6.04 Å². The maximum Gasteiger partial charge on any atom is 0.246 e. The minimum absolute atomic E-state index is 0.0473. The number of hydrogen-bond acceptors (Lipinski definition) is 7. The zero-order valence-electron chi connectivity index (χ0n) is 18.3. The number of aryl methyl sites for hydroxylation is 3. The highest BCUT2D eigenvalue weighted by molar-refractivity contribution is 7.89. The van der Waals surface area contributed by atoms with Crippen molar-refractivity contribution in [3.63, 3.8) is 0 Å². The first-order chi connectivity index (χ1) is 15.3. The number of amides is 1. The molecule has 0 fully saturated rings. The van der Waals surface area contributed by atoms with Gasteiger partial charge >= 0.3 is 0 Å². The van der Waals surface area contributed by atoms with E-state index in [9.17, 15) is 13.2 Å². The van der Waals surface area contributed by atoms with Crippen molar-refractivity contribution < 1.29 is 17.7 Å². The molecule has 2 N–H and O–H groups in total. The smallest absolute Gasteiger partial charge is 0.246 e. The third kappa shape index (κ3) is 4.44. The molecular weight excluding hydrogens is 432 g/mol. The molecule has 1 amide bonds. The van der Waals surface area contributed by atoms with Crippen LogP contribution in [0.5, 0.6) is 0 Å². The van der Waals surface area contributed by atoms with Crippen LogP contribution in [0.1, 0.15) is 43.5 Å². The fourth-order valence-corrected chi connectivity index (χ4v) is 5.39. The van der Waals surface area contributed by atoms with Crippen LogP contribution in [0.25, 0.3) is 11.4 Å². The summed E-state index contributed by atoms with van der Waals surface area (Å²) in [5.74, 6) is 1.52. The lowest BCUT2D eigenvalue weighted by Gasteiger charge is -2.14. The first-order valence-corrected chi connectivity index (χ1v) is 12.0. The SMILES string of the molecule is Cc1noc(C)c1S(=O)(=O)NC(C)C(=O)Nc1ccc(-c2nnc3n2CCCCC3)cc1. The van der Waals surface area contributed by atoms with E-state index in [4.69, 9.17) is 4.52 Å². The van der Waals surface area contributed by atoms with Crippen LogP contribution < -0.4 is 10.0 Å². The molecule has 0 saturated heterocycles. The number of nitrogens with zero attached hydrogens (tertiary/aromatic N) is 4. The van der Waals surface area contributed by atoms with E-state index in [1.165, 1.54) is 27.2 Å². The summed E-state index contributed by atoms with van der Waals surface area (Å²) in [7, 11) is -3.95. The molecule has 1 aliphatic heterocycles. The predicted octanol–water partition coefficient (Wildman–Crippen LogP) is 2.58. The predicted molar refractivity (Wildman–Crippen MR) is 117 cm³/mol. The molecule has 1 unspecified atom stereocenters. The topological polar surface area (TPSA) is 132 Å². The molecule has 3 heterocycles. The lowest BCUT2D eigenvalue weighted by molar-refractivity contribution is -0.117. The van der Waals surface area contributed by atoms with Gasteiger partial charge in [-0.1, -0.05) is 11.6 Å². The Kier molecular flexibility index (Phi) is 6.11. The molecule has 4 rings (SSSR count). The molecule has 1 aliphatic rings. The van der Waals surface area contributed by atoms with Crippen molar-refractivity contribution in [3.8, 4) is 11.4 Å². The number of aromatic nitrogens is 4. The summed E-state index contributed by atoms with van der Waals surface area (Å²) in [5.41, 5.74) is 1.71. The summed E-state index contributed by atoms with van der Waals surface area (Å²) in [5, 5.41) is 15.1. The Bertz CT molecular complexity index is 1210. The van der Waals surface area contributed by atoms with Gasteiger partial charge < -0.3 is 14.4 Å². The molecule has 1 aromatic carbocycles. The number of carbonyl (C=O) groups excluding carboxylic acids is 1. The molecule has 0 bridgehead atoms. The van der Waals surface area contributed by atoms with E-state index >= 15 is 0 Å². The first kappa shape index (κ1) is 22.2. The molecular formula is C21H26N6O4S. The fourth-order valence-electron chi connectivity index (χ4n) is 3.86. The average molecular weight is 459 g/mol. The summed E-state index contributed by atoms with van der Waals surface area (Å²) in [4.78, 5) is 12.5. The molecule has 0 saturated carbocycles. The number of sulfonamides is 1. The Hall–Kier alpha value is -3.05. The van der Waals surface area contributed by atoms with Gasteiger partial charge in [0, 0.05) is 24.2 Å². The quantitative estimate of drug-likeness (QED) is 0.580. The van der Waals surface area contributed by atoms with E-state index in [0.717, 1.165) is 43.0 Å². The fraction of sp³-hybridized carbons (Fsp3) is 0.429. The monoisotopic (exact) mass is 458 g/mol. The van der Waals surface area contributed by atoms with E-state index in [1.807, 2.05) is 12.1 Å². The maximum atomic E-state index is 12.6. The van der Waals surface area contributed by atoms with Crippen LogP contribution in [0.4, 0.5) is 5.69 Å². The van der Waals surface area contributed by atoms with Crippen molar-refractivity contribution in [3.05, 3.63) is 41.5 Å². The van der Waals surface area contributed by atoms with Gasteiger partial charge in [0.1, 0.15) is 16.4 Å². The van der Waals surface area contributed by atoms with Gasteiger partial charge in [0.15, 0.2) is 11.6 Å². The number of carbonyl (C=O) groups is 1. The number of hydrogen-bond donors (Lipinski definition) is 2. The van der Waals surface area contributed by atoms with Crippen molar-refractivity contribution in [2.75, 3.05) is 5.32 Å². The number of fused-ring (bicyclic) bond motifs is 1. The third-order valence-electron chi connectivity index (χ3n) is 5.48. The Morgan fingerprint density at radius 2 is 1.88 bits per heavy atom. The van der Waals surface area contributed by atoms with Crippen molar-refractivity contribution in [1.29, 1.82) is 0 Å². The van der Waals surface area contributed by atoms with Crippen LogP contribution in [0.2, 0.25) is 0 Å². The van der Waals surface area contributed by atoms with E-state index < -0.39 is 22.0 Å². The Morgan fingerprint density at radius 1 is 1.12 bits per heavy atom. The van der Waals surface area contributed by atoms with Crippen molar-refractivity contribution in [2.45, 2.75) is 63.9 Å². The summed E-state index contributed by atoms with van der Waals surface area (Å²) in [6, 6.07) is 6.27. The summed E-state index contributed by atoms with van der Waals surface area (Å²) in [6.07, 6.45) is 4.35. The minimum atomic E-state index is -3.95. The van der Waals surface area contributed by atoms with Crippen LogP contribution >= 0.6 is 0 Å². The Balaban J connectivity index is 1.43. The number of rotatable bonds is 6. The molecule has 1 atom stereocenters.